The third kappa shape index (κ3) is 5.09. The Morgan fingerprint density at radius 1 is 1.22 bits per heavy atom. The lowest BCUT2D eigenvalue weighted by molar-refractivity contribution is -0.133. The molecule has 6 nitrogen and oxygen atoms in total. The van der Waals surface area contributed by atoms with Crippen molar-refractivity contribution in [1.29, 1.82) is 0 Å². The number of nitrogens with one attached hydrogen (secondary N) is 1. The smallest absolute Gasteiger partial charge is 0.407 e. The molecule has 3 atom stereocenters. The highest BCUT2D eigenvalue weighted by Crippen LogP contribution is 2.35. The molecule has 0 aromatic rings. The molecular formula is C17H30N2O4. The van der Waals surface area contributed by atoms with Gasteiger partial charge in [0.25, 0.3) is 0 Å². The first-order chi connectivity index (χ1) is 10.8. The number of aliphatic hydroxyl groups is 1. The zero-order valence-corrected chi connectivity index (χ0v) is 14.5. The average molecular weight is 326 g/mol. The maximum atomic E-state index is 12.4. The van der Waals surface area contributed by atoms with E-state index in [0.29, 0.717) is 0 Å². The molecule has 1 saturated carbocycles. The molecule has 1 aliphatic heterocycles. The fourth-order valence-electron chi connectivity index (χ4n) is 3.69. The lowest BCUT2D eigenvalue weighted by Gasteiger charge is -2.31. The molecule has 2 fully saturated rings. The number of rotatable bonds is 4. The van der Waals surface area contributed by atoms with Crippen LogP contribution in [0.25, 0.3) is 0 Å². The number of hydrogen-bond acceptors (Lipinski definition) is 4. The van der Waals surface area contributed by atoms with E-state index in [1.165, 1.54) is 0 Å². The van der Waals surface area contributed by atoms with E-state index < -0.39 is 11.7 Å². The normalized spacial score (nSPS) is 28.0. The van der Waals surface area contributed by atoms with Crippen molar-refractivity contribution in [3.8, 4) is 0 Å². The predicted molar refractivity (Wildman–Crippen MR) is 86.9 cm³/mol. The van der Waals surface area contributed by atoms with Gasteiger partial charge < -0.3 is 20.1 Å². The molecule has 0 spiro atoms. The minimum atomic E-state index is -0.535. The number of likely N-dealkylation sites (tertiary alicyclic amines) is 1. The van der Waals surface area contributed by atoms with E-state index in [4.69, 9.17) is 4.74 Å². The number of carbonyl (C=O) groups is 2. The van der Waals surface area contributed by atoms with E-state index in [0.717, 1.165) is 38.6 Å². The van der Waals surface area contributed by atoms with Gasteiger partial charge in [-0.1, -0.05) is 6.42 Å². The Balaban J connectivity index is 1.77. The molecule has 1 aliphatic carbocycles. The van der Waals surface area contributed by atoms with Crippen molar-refractivity contribution < 1.29 is 19.4 Å². The minimum Gasteiger partial charge on any atom is -0.444 e. The van der Waals surface area contributed by atoms with Crippen LogP contribution in [0.1, 0.15) is 59.3 Å². The van der Waals surface area contributed by atoms with Crippen molar-refractivity contribution in [1.82, 2.24) is 10.2 Å². The average Bonchev–Trinajstić information content (AvgIpc) is 3.04. The Morgan fingerprint density at radius 2 is 1.96 bits per heavy atom. The molecule has 0 bridgehead atoms. The van der Waals surface area contributed by atoms with E-state index in [9.17, 15) is 14.7 Å². The van der Waals surface area contributed by atoms with Gasteiger partial charge in [-0.2, -0.15) is 0 Å². The van der Waals surface area contributed by atoms with Crippen LogP contribution in [-0.2, 0) is 9.53 Å². The highest BCUT2D eigenvalue weighted by atomic mass is 16.6. The Bertz CT molecular complexity index is 433. The van der Waals surface area contributed by atoms with Crippen LogP contribution in [-0.4, -0.2) is 52.8 Å². The SMILES string of the molecule is CC(C)(C)OC(=O)NCCC(=O)N1CCC[C@@H]1[C@@H]1CCC[C@H]1O. The van der Waals surface area contributed by atoms with Gasteiger partial charge in [0.15, 0.2) is 0 Å². The molecule has 0 unspecified atom stereocenters. The summed E-state index contributed by atoms with van der Waals surface area (Å²) in [6.45, 7) is 6.46. The Labute approximate surface area is 138 Å². The van der Waals surface area contributed by atoms with Crippen molar-refractivity contribution in [2.45, 2.75) is 77.0 Å². The number of alkyl carbamates (subject to hydrolysis) is 1. The molecule has 0 aromatic heterocycles. The number of hydrogen-bond donors (Lipinski definition) is 2. The third-order valence-corrected chi connectivity index (χ3v) is 4.65. The quantitative estimate of drug-likeness (QED) is 0.829. The zero-order chi connectivity index (χ0) is 17.0. The van der Waals surface area contributed by atoms with Crippen LogP contribution in [0.2, 0.25) is 0 Å². The van der Waals surface area contributed by atoms with Gasteiger partial charge in [-0.3, -0.25) is 4.79 Å². The van der Waals surface area contributed by atoms with E-state index in [1.807, 2.05) is 4.90 Å². The molecule has 6 heteroatoms. The first-order valence-electron chi connectivity index (χ1n) is 8.72. The summed E-state index contributed by atoms with van der Waals surface area (Å²) >= 11 is 0. The highest BCUT2D eigenvalue weighted by molar-refractivity contribution is 5.78. The van der Waals surface area contributed by atoms with Gasteiger partial charge in [-0.15, -0.1) is 0 Å². The topological polar surface area (TPSA) is 78.9 Å². The fraction of sp³-hybridized carbons (Fsp3) is 0.882. The van der Waals surface area contributed by atoms with Crippen LogP contribution in [0, 0.1) is 5.92 Å². The fourth-order valence-corrected chi connectivity index (χ4v) is 3.69. The molecule has 2 aliphatic rings. The van der Waals surface area contributed by atoms with E-state index in [1.54, 1.807) is 20.8 Å². The number of amides is 2. The lowest BCUT2D eigenvalue weighted by Crippen LogP contribution is -2.43. The summed E-state index contributed by atoms with van der Waals surface area (Å²) in [5.41, 5.74) is -0.535. The summed E-state index contributed by atoms with van der Waals surface area (Å²) in [7, 11) is 0. The van der Waals surface area contributed by atoms with Crippen LogP contribution in [0.4, 0.5) is 4.79 Å². The minimum absolute atomic E-state index is 0.0580. The number of nitrogens with zero attached hydrogens (tertiary/aromatic N) is 1. The molecule has 2 amide bonds. The summed E-state index contributed by atoms with van der Waals surface area (Å²) in [6, 6.07) is 0.168. The van der Waals surface area contributed by atoms with Gasteiger partial charge in [0, 0.05) is 31.5 Å². The zero-order valence-electron chi connectivity index (χ0n) is 14.5. The summed E-state index contributed by atoms with van der Waals surface area (Å²) in [6.07, 6.45) is 4.40. The number of ether oxygens (including phenoxy) is 1. The molecule has 1 heterocycles. The monoisotopic (exact) mass is 326 g/mol. The van der Waals surface area contributed by atoms with Crippen LogP contribution in [0.3, 0.4) is 0 Å². The van der Waals surface area contributed by atoms with Crippen LogP contribution < -0.4 is 5.32 Å². The van der Waals surface area contributed by atoms with Crippen LogP contribution in [0.5, 0.6) is 0 Å². The number of aliphatic hydroxyl groups excluding tert-OH is 1. The second-order valence-corrected chi connectivity index (χ2v) is 7.64. The van der Waals surface area contributed by atoms with Gasteiger partial charge in [0.05, 0.1) is 6.10 Å². The maximum absolute atomic E-state index is 12.4. The molecule has 132 valence electrons. The number of carbonyl (C=O) groups excluding carboxylic acids is 2. The first-order valence-corrected chi connectivity index (χ1v) is 8.72. The Kier molecular flexibility index (Phi) is 5.89. The predicted octanol–water partition coefficient (Wildman–Crippen LogP) is 2.05. The first kappa shape index (κ1) is 18.0. The molecule has 0 aromatic carbocycles. The van der Waals surface area contributed by atoms with Gasteiger partial charge in [0.2, 0.25) is 5.91 Å². The Morgan fingerprint density at radius 3 is 2.57 bits per heavy atom. The second-order valence-electron chi connectivity index (χ2n) is 7.64. The van der Waals surface area contributed by atoms with Crippen molar-refractivity contribution in [3.05, 3.63) is 0 Å². The van der Waals surface area contributed by atoms with Gasteiger partial charge in [-0.25, -0.2) is 4.79 Å². The second kappa shape index (κ2) is 7.51. The molecule has 2 N–H and O–H groups in total. The van der Waals surface area contributed by atoms with Crippen molar-refractivity contribution in [2.24, 2.45) is 5.92 Å². The molecular weight excluding hydrogens is 296 g/mol. The highest BCUT2D eigenvalue weighted by Gasteiger charge is 2.39. The molecule has 1 saturated heterocycles. The lowest BCUT2D eigenvalue weighted by atomic mass is 9.94. The van der Waals surface area contributed by atoms with E-state index in [-0.39, 0.29) is 36.9 Å². The molecule has 2 rings (SSSR count). The summed E-state index contributed by atoms with van der Waals surface area (Å²) in [4.78, 5) is 25.9. The van der Waals surface area contributed by atoms with E-state index in [2.05, 4.69) is 5.32 Å². The summed E-state index contributed by atoms with van der Waals surface area (Å²) < 4.78 is 5.15. The van der Waals surface area contributed by atoms with Crippen molar-refractivity contribution >= 4 is 12.0 Å². The summed E-state index contributed by atoms with van der Waals surface area (Å²) in [5, 5.41) is 12.7. The van der Waals surface area contributed by atoms with Gasteiger partial charge in [0.1, 0.15) is 5.60 Å². The summed E-state index contributed by atoms with van der Waals surface area (Å²) in [5.74, 6) is 0.280. The standard InChI is InChI=1S/C17H30N2O4/c1-17(2,3)23-16(22)18-10-9-15(21)19-11-5-7-13(19)12-6-4-8-14(12)20/h12-14,20H,4-11H2,1-3H3,(H,18,22)/t12-,13+,14+/m0/s1. The van der Waals surface area contributed by atoms with Gasteiger partial charge >= 0.3 is 6.09 Å². The molecule has 23 heavy (non-hydrogen) atoms. The third-order valence-electron chi connectivity index (χ3n) is 4.65. The maximum Gasteiger partial charge on any atom is 0.407 e. The van der Waals surface area contributed by atoms with Crippen LogP contribution >= 0.6 is 0 Å². The largest absolute Gasteiger partial charge is 0.444 e. The Hall–Kier alpha value is -1.30. The van der Waals surface area contributed by atoms with E-state index >= 15 is 0 Å². The van der Waals surface area contributed by atoms with Crippen molar-refractivity contribution in [3.63, 3.8) is 0 Å². The van der Waals surface area contributed by atoms with Crippen molar-refractivity contribution in [2.75, 3.05) is 13.1 Å². The van der Waals surface area contributed by atoms with Gasteiger partial charge in [-0.05, 0) is 46.5 Å². The van der Waals surface area contributed by atoms with Crippen LogP contribution in [0.15, 0.2) is 0 Å². The molecule has 0 radical (unpaired) electrons.